The predicted octanol–water partition coefficient (Wildman–Crippen LogP) is 2.43. The van der Waals surface area contributed by atoms with E-state index in [4.69, 9.17) is 9.47 Å². The summed E-state index contributed by atoms with van der Waals surface area (Å²) in [4.78, 5) is 0. The van der Waals surface area contributed by atoms with Crippen molar-refractivity contribution in [1.82, 2.24) is 0 Å². The zero-order valence-corrected chi connectivity index (χ0v) is 8.56. The topological polar surface area (TPSA) is 18.5 Å². The van der Waals surface area contributed by atoms with Crippen LogP contribution in [0.5, 0.6) is 0 Å². The van der Waals surface area contributed by atoms with Crippen LogP contribution in [-0.4, -0.2) is 25.4 Å². The molecule has 0 bridgehead atoms. The molecule has 2 heteroatoms. The summed E-state index contributed by atoms with van der Waals surface area (Å²) in [5, 5.41) is 0. The highest BCUT2D eigenvalue weighted by atomic mass is 16.5. The van der Waals surface area contributed by atoms with Crippen LogP contribution in [0.25, 0.3) is 0 Å². The van der Waals surface area contributed by atoms with Gasteiger partial charge in [-0.25, -0.2) is 0 Å². The van der Waals surface area contributed by atoms with Gasteiger partial charge in [0.1, 0.15) is 0 Å². The van der Waals surface area contributed by atoms with Gasteiger partial charge < -0.3 is 9.47 Å². The van der Waals surface area contributed by atoms with Crippen LogP contribution in [-0.2, 0) is 9.47 Å². The van der Waals surface area contributed by atoms with E-state index >= 15 is 0 Å². The highest BCUT2D eigenvalue weighted by Crippen LogP contribution is 2.09. The summed E-state index contributed by atoms with van der Waals surface area (Å²) in [6, 6.07) is 0. The van der Waals surface area contributed by atoms with Gasteiger partial charge in [-0.1, -0.05) is 13.3 Å². The fourth-order valence-electron chi connectivity index (χ4n) is 0.882. The SMILES string of the molecule is [CH2]COC(C)(C)COCCCC. The first-order chi connectivity index (χ1) is 5.62. The van der Waals surface area contributed by atoms with E-state index in [0.717, 1.165) is 13.0 Å². The van der Waals surface area contributed by atoms with Crippen molar-refractivity contribution in [2.24, 2.45) is 0 Å². The number of unbranched alkanes of at least 4 members (excludes halogenated alkanes) is 1. The maximum Gasteiger partial charge on any atom is 0.0858 e. The highest BCUT2D eigenvalue weighted by molar-refractivity contribution is 4.67. The first-order valence-electron chi connectivity index (χ1n) is 4.63. The van der Waals surface area contributed by atoms with E-state index in [9.17, 15) is 0 Å². The molecule has 0 atom stereocenters. The minimum atomic E-state index is -0.185. The molecule has 0 N–H and O–H groups in total. The van der Waals surface area contributed by atoms with Crippen LogP contribution in [0.4, 0.5) is 0 Å². The van der Waals surface area contributed by atoms with Gasteiger partial charge in [0.15, 0.2) is 0 Å². The number of hydrogen-bond donors (Lipinski definition) is 0. The standard InChI is InChI=1S/C10H21O2/c1-5-7-8-11-9-10(3,4)12-6-2/h2,5-9H2,1,3-4H3. The molecule has 12 heavy (non-hydrogen) atoms. The van der Waals surface area contributed by atoms with Gasteiger partial charge in [-0.2, -0.15) is 0 Å². The summed E-state index contributed by atoms with van der Waals surface area (Å²) in [5.74, 6) is 0. The molecule has 0 aromatic heterocycles. The molecule has 0 spiro atoms. The Kier molecular flexibility index (Phi) is 6.39. The molecule has 73 valence electrons. The molecule has 0 aromatic rings. The first kappa shape index (κ1) is 11.9. The van der Waals surface area contributed by atoms with E-state index in [1.54, 1.807) is 0 Å². The van der Waals surface area contributed by atoms with Gasteiger partial charge in [-0.05, 0) is 27.2 Å². The molecule has 0 fully saturated rings. The van der Waals surface area contributed by atoms with Crippen LogP contribution in [0.3, 0.4) is 0 Å². The third-order valence-corrected chi connectivity index (χ3v) is 1.58. The molecular weight excluding hydrogens is 152 g/mol. The Morgan fingerprint density at radius 3 is 2.50 bits per heavy atom. The third-order valence-electron chi connectivity index (χ3n) is 1.58. The molecule has 1 radical (unpaired) electrons. The monoisotopic (exact) mass is 173 g/mol. The fourth-order valence-corrected chi connectivity index (χ4v) is 0.882. The van der Waals surface area contributed by atoms with Gasteiger partial charge in [0.05, 0.1) is 12.2 Å². The minimum absolute atomic E-state index is 0.185. The lowest BCUT2D eigenvalue weighted by molar-refractivity contribution is -0.0657. The highest BCUT2D eigenvalue weighted by Gasteiger charge is 2.17. The Hall–Kier alpha value is -0.0800. The molecular formula is C10H21O2. The maximum absolute atomic E-state index is 5.44. The van der Waals surface area contributed by atoms with Crippen molar-refractivity contribution in [3.63, 3.8) is 0 Å². The second-order valence-electron chi connectivity index (χ2n) is 3.51. The predicted molar refractivity (Wildman–Crippen MR) is 51.1 cm³/mol. The molecule has 0 aromatic carbocycles. The summed E-state index contributed by atoms with van der Waals surface area (Å²) >= 11 is 0. The van der Waals surface area contributed by atoms with Crippen LogP contribution < -0.4 is 0 Å². The van der Waals surface area contributed by atoms with Gasteiger partial charge in [0, 0.05) is 13.2 Å². The number of ether oxygens (including phenoxy) is 2. The molecule has 0 aliphatic rings. The van der Waals surface area contributed by atoms with E-state index in [-0.39, 0.29) is 5.60 Å². The summed E-state index contributed by atoms with van der Waals surface area (Å²) in [6.07, 6.45) is 2.30. The molecule has 0 saturated carbocycles. The Morgan fingerprint density at radius 1 is 1.33 bits per heavy atom. The van der Waals surface area contributed by atoms with Crippen molar-refractivity contribution in [1.29, 1.82) is 0 Å². The molecule has 0 saturated heterocycles. The third kappa shape index (κ3) is 6.62. The number of rotatable bonds is 7. The normalized spacial score (nSPS) is 12.0. The average Bonchev–Trinajstić information content (AvgIpc) is 1.98. The van der Waals surface area contributed by atoms with Crippen molar-refractivity contribution >= 4 is 0 Å². The molecule has 2 nitrogen and oxygen atoms in total. The first-order valence-corrected chi connectivity index (χ1v) is 4.63. The van der Waals surface area contributed by atoms with Crippen LogP contribution in [0.2, 0.25) is 0 Å². The largest absolute Gasteiger partial charge is 0.378 e. The Balaban J connectivity index is 3.33. The Morgan fingerprint density at radius 2 is 2.00 bits per heavy atom. The van der Waals surface area contributed by atoms with Crippen molar-refractivity contribution in [2.45, 2.75) is 39.2 Å². The quantitative estimate of drug-likeness (QED) is 0.550. The van der Waals surface area contributed by atoms with Gasteiger partial charge in [-0.3, -0.25) is 0 Å². The lowest BCUT2D eigenvalue weighted by Crippen LogP contribution is -2.30. The van der Waals surface area contributed by atoms with Crippen molar-refractivity contribution in [3.8, 4) is 0 Å². The molecule has 0 amide bonds. The van der Waals surface area contributed by atoms with E-state index in [1.165, 1.54) is 6.42 Å². The lowest BCUT2D eigenvalue weighted by atomic mass is 10.1. The van der Waals surface area contributed by atoms with Crippen molar-refractivity contribution < 1.29 is 9.47 Å². The zero-order chi connectivity index (χ0) is 9.45. The van der Waals surface area contributed by atoms with E-state index in [0.29, 0.717) is 13.2 Å². The molecule has 0 unspecified atom stereocenters. The average molecular weight is 173 g/mol. The van der Waals surface area contributed by atoms with Gasteiger partial charge in [0.25, 0.3) is 0 Å². The summed E-state index contributed by atoms with van der Waals surface area (Å²) in [5.41, 5.74) is -0.185. The Bertz CT molecular complexity index is 100. The number of hydrogen-bond acceptors (Lipinski definition) is 2. The smallest absolute Gasteiger partial charge is 0.0858 e. The van der Waals surface area contributed by atoms with Crippen LogP contribution in [0.1, 0.15) is 33.6 Å². The van der Waals surface area contributed by atoms with Crippen LogP contribution in [0.15, 0.2) is 0 Å². The fraction of sp³-hybridized carbons (Fsp3) is 0.900. The second-order valence-corrected chi connectivity index (χ2v) is 3.51. The summed E-state index contributed by atoms with van der Waals surface area (Å²) < 4.78 is 10.8. The van der Waals surface area contributed by atoms with Crippen LogP contribution in [0, 0.1) is 6.92 Å². The van der Waals surface area contributed by atoms with Gasteiger partial charge in [-0.15, -0.1) is 0 Å². The summed E-state index contributed by atoms with van der Waals surface area (Å²) in [7, 11) is 0. The lowest BCUT2D eigenvalue weighted by Gasteiger charge is -2.24. The van der Waals surface area contributed by atoms with E-state index in [2.05, 4.69) is 13.8 Å². The molecule has 0 heterocycles. The Labute approximate surface area is 76.3 Å². The second kappa shape index (κ2) is 6.44. The van der Waals surface area contributed by atoms with Crippen molar-refractivity contribution in [2.75, 3.05) is 19.8 Å². The van der Waals surface area contributed by atoms with Gasteiger partial charge in [0.2, 0.25) is 0 Å². The van der Waals surface area contributed by atoms with Gasteiger partial charge >= 0.3 is 0 Å². The molecule has 0 aliphatic carbocycles. The van der Waals surface area contributed by atoms with E-state index < -0.39 is 0 Å². The van der Waals surface area contributed by atoms with E-state index in [1.807, 2.05) is 13.8 Å². The van der Waals surface area contributed by atoms with Crippen LogP contribution >= 0.6 is 0 Å². The summed E-state index contributed by atoms with van der Waals surface area (Å²) in [6.45, 7) is 11.8. The minimum Gasteiger partial charge on any atom is -0.378 e. The maximum atomic E-state index is 5.44. The van der Waals surface area contributed by atoms with Crippen molar-refractivity contribution in [3.05, 3.63) is 6.92 Å². The molecule has 0 rings (SSSR count). The molecule has 0 aliphatic heterocycles. The zero-order valence-electron chi connectivity index (χ0n) is 8.56.